The van der Waals surface area contributed by atoms with E-state index in [0.717, 1.165) is 44.4 Å². The number of anilines is 1. The predicted octanol–water partition coefficient (Wildman–Crippen LogP) is 2.69. The second-order valence-electron chi connectivity index (χ2n) is 5.22. The van der Waals surface area contributed by atoms with Crippen LogP contribution in [-0.4, -0.2) is 50.6 Å². The van der Waals surface area contributed by atoms with E-state index in [2.05, 4.69) is 28.9 Å². The van der Waals surface area contributed by atoms with E-state index in [9.17, 15) is 0 Å². The molecule has 1 heterocycles. The van der Waals surface area contributed by atoms with Crippen molar-refractivity contribution in [3.8, 4) is 5.75 Å². The van der Waals surface area contributed by atoms with Gasteiger partial charge >= 0.3 is 0 Å². The molecule has 0 amide bonds. The molecular weight excluding hydrogens is 260 g/mol. The van der Waals surface area contributed by atoms with E-state index < -0.39 is 0 Å². The molecule has 1 saturated heterocycles. The Labute approximate surface area is 121 Å². The third kappa shape index (κ3) is 3.77. The molecule has 19 heavy (non-hydrogen) atoms. The van der Waals surface area contributed by atoms with Crippen molar-refractivity contribution < 1.29 is 4.74 Å². The maximum absolute atomic E-state index is 5.88. The highest BCUT2D eigenvalue weighted by Crippen LogP contribution is 2.28. The number of alkyl halides is 1. The summed E-state index contributed by atoms with van der Waals surface area (Å²) >= 11 is 5.88. The highest BCUT2D eigenvalue weighted by molar-refractivity contribution is 6.18. The lowest BCUT2D eigenvalue weighted by Gasteiger charge is -2.37. The molecule has 1 fully saturated rings. The van der Waals surface area contributed by atoms with Crippen molar-refractivity contribution in [1.29, 1.82) is 0 Å². The zero-order valence-electron chi connectivity index (χ0n) is 11.8. The van der Waals surface area contributed by atoms with Crippen LogP contribution in [0.1, 0.15) is 6.92 Å². The maximum atomic E-state index is 5.88. The summed E-state index contributed by atoms with van der Waals surface area (Å²) in [5.74, 6) is 2.27. The molecule has 0 radical (unpaired) electrons. The minimum Gasteiger partial charge on any atom is -0.495 e. The molecule has 0 aliphatic carbocycles. The van der Waals surface area contributed by atoms with Gasteiger partial charge in [0.1, 0.15) is 5.75 Å². The molecule has 0 saturated carbocycles. The van der Waals surface area contributed by atoms with E-state index in [0.29, 0.717) is 5.92 Å². The summed E-state index contributed by atoms with van der Waals surface area (Å²) in [6.45, 7) is 7.60. The third-order valence-corrected chi connectivity index (χ3v) is 4.16. The SMILES string of the molecule is COc1ccccc1N1CCN(CC(C)CCl)CC1. The van der Waals surface area contributed by atoms with Crippen LogP contribution in [0.5, 0.6) is 5.75 Å². The van der Waals surface area contributed by atoms with Crippen LogP contribution in [0.2, 0.25) is 0 Å². The Bertz CT molecular complexity index is 391. The van der Waals surface area contributed by atoms with Gasteiger partial charge in [-0.05, 0) is 18.1 Å². The number of para-hydroxylation sites is 2. The predicted molar refractivity (Wildman–Crippen MR) is 81.5 cm³/mol. The Morgan fingerprint density at radius 1 is 1.21 bits per heavy atom. The molecule has 0 N–H and O–H groups in total. The van der Waals surface area contributed by atoms with Crippen molar-refractivity contribution in [3.05, 3.63) is 24.3 Å². The molecule has 3 nitrogen and oxygen atoms in total. The fourth-order valence-electron chi connectivity index (χ4n) is 2.55. The zero-order valence-corrected chi connectivity index (χ0v) is 12.6. The minimum atomic E-state index is 0.569. The molecule has 106 valence electrons. The smallest absolute Gasteiger partial charge is 0.142 e. The molecule has 1 aliphatic rings. The third-order valence-electron chi connectivity index (χ3n) is 3.63. The first-order valence-corrected chi connectivity index (χ1v) is 7.44. The van der Waals surface area contributed by atoms with E-state index in [4.69, 9.17) is 16.3 Å². The monoisotopic (exact) mass is 282 g/mol. The van der Waals surface area contributed by atoms with Gasteiger partial charge in [-0.3, -0.25) is 4.90 Å². The van der Waals surface area contributed by atoms with Gasteiger partial charge in [-0.25, -0.2) is 0 Å². The summed E-state index contributed by atoms with van der Waals surface area (Å²) in [7, 11) is 1.73. The molecule has 1 aliphatic heterocycles. The van der Waals surface area contributed by atoms with Gasteiger partial charge in [-0.15, -0.1) is 11.6 Å². The second-order valence-corrected chi connectivity index (χ2v) is 5.53. The number of ether oxygens (including phenoxy) is 1. The summed E-state index contributed by atoms with van der Waals surface area (Å²) in [5.41, 5.74) is 1.20. The lowest BCUT2D eigenvalue weighted by molar-refractivity contribution is 0.232. The normalized spacial score (nSPS) is 18.4. The van der Waals surface area contributed by atoms with Gasteiger partial charge in [0.15, 0.2) is 0 Å². The van der Waals surface area contributed by atoms with Crippen molar-refractivity contribution in [2.24, 2.45) is 5.92 Å². The molecule has 0 spiro atoms. The van der Waals surface area contributed by atoms with Crippen LogP contribution in [0.4, 0.5) is 5.69 Å². The lowest BCUT2D eigenvalue weighted by Crippen LogP contribution is -2.47. The molecule has 4 heteroatoms. The number of nitrogens with zero attached hydrogens (tertiary/aromatic N) is 2. The van der Waals surface area contributed by atoms with Crippen LogP contribution in [-0.2, 0) is 0 Å². The van der Waals surface area contributed by atoms with Crippen LogP contribution >= 0.6 is 11.6 Å². The second kappa shape index (κ2) is 7.01. The van der Waals surface area contributed by atoms with Gasteiger partial charge in [0.05, 0.1) is 12.8 Å². The molecule has 1 unspecified atom stereocenters. The van der Waals surface area contributed by atoms with Gasteiger partial charge in [-0.2, -0.15) is 0 Å². The molecule has 1 aromatic rings. The van der Waals surface area contributed by atoms with Gasteiger partial charge in [0.25, 0.3) is 0 Å². The highest BCUT2D eigenvalue weighted by Gasteiger charge is 2.20. The number of rotatable bonds is 5. The average Bonchev–Trinajstić information content (AvgIpc) is 2.48. The Kier molecular flexibility index (Phi) is 5.34. The first-order chi connectivity index (χ1) is 9.24. The average molecular weight is 283 g/mol. The fourth-order valence-corrected chi connectivity index (χ4v) is 2.65. The molecule has 1 atom stereocenters. The summed E-state index contributed by atoms with van der Waals surface area (Å²) in [6.07, 6.45) is 0. The van der Waals surface area contributed by atoms with Gasteiger partial charge < -0.3 is 9.64 Å². The molecule has 0 bridgehead atoms. The number of piperazine rings is 1. The van der Waals surface area contributed by atoms with E-state index in [1.54, 1.807) is 7.11 Å². The van der Waals surface area contributed by atoms with Crippen molar-refractivity contribution in [2.45, 2.75) is 6.92 Å². The maximum Gasteiger partial charge on any atom is 0.142 e. The van der Waals surface area contributed by atoms with Gasteiger partial charge in [-0.1, -0.05) is 19.1 Å². The standard InChI is InChI=1S/C15H23ClN2O/c1-13(11-16)12-17-7-9-18(10-8-17)14-5-3-4-6-15(14)19-2/h3-6,13H,7-12H2,1-2H3. The number of benzene rings is 1. The first kappa shape index (κ1) is 14.5. The van der Waals surface area contributed by atoms with E-state index in [-0.39, 0.29) is 0 Å². The number of hydrogen-bond donors (Lipinski definition) is 0. The summed E-state index contributed by atoms with van der Waals surface area (Å²) < 4.78 is 5.43. The summed E-state index contributed by atoms with van der Waals surface area (Å²) in [5, 5.41) is 0. The Morgan fingerprint density at radius 3 is 2.53 bits per heavy atom. The van der Waals surface area contributed by atoms with Crippen LogP contribution in [0.3, 0.4) is 0 Å². The lowest BCUT2D eigenvalue weighted by atomic mass is 10.1. The van der Waals surface area contributed by atoms with Crippen molar-refractivity contribution in [2.75, 3.05) is 50.6 Å². The van der Waals surface area contributed by atoms with Crippen LogP contribution in [0.25, 0.3) is 0 Å². The van der Waals surface area contributed by atoms with Crippen LogP contribution in [0.15, 0.2) is 24.3 Å². The molecule has 2 rings (SSSR count). The van der Waals surface area contributed by atoms with Crippen molar-refractivity contribution in [3.63, 3.8) is 0 Å². The molecule has 1 aromatic carbocycles. The minimum absolute atomic E-state index is 0.569. The molecule has 0 aromatic heterocycles. The highest BCUT2D eigenvalue weighted by atomic mass is 35.5. The quantitative estimate of drug-likeness (QED) is 0.773. The number of halogens is 1. The summed E-state index contributed by atoms with van der Waals surface area (Å²) in [6, 6.07) is 8.24. The van der Waals surface area contributed by atoms with Gasteiger partial charge in [0, 0.05) is 38.6 Å². The Morgan fingerprint density at radius 2 is 1.89 bits per heavy atom. The Balaban J connectivity index is 1.92. The summed E-state index contributed by atoms with van der Waals surface area (Å²) in [4.78, 5) is 4.90. The van der Waals surface area contributed by atoms with Gasteiger partial charge in [0.2, 0.25) is 0 Å². The Hall–Kier alpha value is -0.930. The topological polar surface area (TPSA) is 15.7 Å². The van der Waals surface area contributed by atoms with Crippen molar-refractivity contribution in [1.82, 2.24) is 4.90 Å². The van der Waals surface area contributed by atoms with Crippen LogP contribution < -0.4 is 9.64 Å². The van der Waals surface area contributed by atoms with Crippen LogP contribution in [0, 0.1) is 5.92 Å². The molecular formula is C15H23ClN2O. The van der Waals surface area contributed by atoms with E-state index >= 15 is 0 Å². The largest absolute Gasteiger partial charge is 0.495 e. The van der Waals surface area contributed by atoms with E-state index in [1.165, 1.54) is 5.69 Å². The first-order valence-electron chi connectivity index (χ1n) is 6.91. The van der Waals surface area contributed by atoms with Crippen molar-refractivity contribution >= 4 is 17.3 Å². The number of hydrogen-bond acceptors (Lipinski definition) is 3. The number of methoxy groups -OCH3 is 1. The zero-order chi connectivity index (χ0) is 13.7. The van der Waals surface area contributed by atoms with E-state index in [1.807, 2.05) is 12.1 Å². The fraction of sp³-hybridized carbons (Fsp3) is 0.600.